The molecule has 0 aliphatic carbocycles. The van der Waals surface area contributed by atoms with E-state index in [4.69, 9.17) is 9.15 Å². The molecule has 0 radical (unpaired) electrons. The average molecular weight is 444 g/mol. The van der Waals surface area contributed by atoms with E-state index in [0.29, 0.717) is 11.3 Å². The van der Waals surface area contributed by atoms with Gasteiger partial charge in [-0.3, -0.25) is 4.79 Å². The molecule has 0 unspecified atom stereocenters. The summed E-state index contributed by atoms with van der Waals surface area (Å²) in [6.45, 7) is 1.43. The smallest absolute Gasteiger partial charge is 0.325 e. The molecule has 2 heterocycles. The Morgan fingerprint density at radius 1 is 1.19 bits per heavy atom. The summed E-state index contributed by atoms with van der Waals surface area (Å²) >= 11 is 0. The van der Waals surface area contributed by atoms with Crippen molar-refractivity contribution < 1.29 is 26.8 Å². The summed E-state index contributed by atoms with van der Waals surface area (Å²) in [7, 11) is -3.61. The fourth-order valence-electron chi connectivity index (χ4n) is 3.51. The van der Waals surface area contributed by atoms with Gasteiger partial charge in [0.15, 0.2) is 12.4 Å². The number of carbonyl (C=O) groups excluding carboxylic acids is 1. The first-order valence-corrected chi connectivity index (χ1v) is 11.4. The number of sulfonamides is 1. The molecule has 31 heavy (non-hydrogen) atoms. The molecule has 1 aromatic heterocycles. The molecule has 9 heteroatoms. The minimum atomic E-state index is -3.61. The standard InChI is InChI=1S/C22H21FN2O5S/c1-2-31(27,28)25-13-17-6-4-3-5-16(17)11-19(25)22(26)29-14-21-24-12-20(30-21)15-7-9-18(23)10-8-15/h3-10,12,19H,2,11,13-14H2,1H3/t19-/m0/s1. The number of esters is 1. The molecule has 7 nitrogen and oxygen atoms in total. The zero-order valence-corrected chi connectivity index (χ0v) is 17.6. The topological polar surface area (TPSA) is 89.7 Å². The van der Waals surface area contributed by atoms with E-state index in [1.165, 1.54) is 22.6 Å². The number of ether oxygens (including phenoxy) is 1. The highest BCUT2D eigenvalue weighted by Crippen LogP contribution is 2.27. The van der Waals surface area contributed by atoms with Gasteiger partial charge in [0.05, 0.1) is 11.9 Å². The Kier molecular flexibility index (Phi) is 5.88. The molecule has 1 aliphatic heterocycles. The number of nitrogens with zero attached hydrogens (tertiary/aromatic N) is 2. The number of halogens is 1. The van der Waals surface area contributed by atoms with Gasteiger partial charge in [-0.1, -0.05) is 24.3 Å². The zero-order chi connectivity index (χ0) is 22.0. The van der Waals surface area contributed by atoms with Gasteiger partial charge in [-0.05, 0) is 42.3 Å². The summed E-state index contributed by atoms with van der Waals surface area (Å²) in [6, 6.07) is 12.2. The van der Waals surface area contributed by atoms with Crippen molar-refractivity contribution in [1.82, 2.24) is 9.29 Å². The molecule has 2 aromatic carbocycles. The Morgan fingerprint density at radius 2 is 1.90 bits per heavy atom. The van der Waals surface area contributed by atoms with E-state index in [1.54, 1.807) is 19.1 Å². The number of aromatic nitrogens is 1. The van der Waals surface area contributed by atoms with E-state index in [9.17, 15) is 17.6 Å². The third-order valence-corrected chi connectivity index (χ3v) is 7.05. The summed E-state index contributed by atoms with van der Waals surface area (Å²) in [5.41, 5.74) is 2.43. The van der Waals surface area contributed by atoms with Crippen molar-refractivity contribution in [3.63, 3.8) is 0 Å². The van der Waals surface area contributed by atoms with Crippen LogP contribution >= 0.6 is 0 Å². The average Bonchev–Trinajstić information content (AvgIpc) is 3.26. The molecule has 0 N–H and O–H groups in total. The lowest BCUT2D eigenvalue weighted by Gasteiger charge is -2.34. The van der Waals surface area contributed by atoms with Crippen LogP contribution < -0.4 is 0 Å². The monoisotopic (exact) mass is 444 g/mol. The number of rotatable bonds is 6. The third-order valence-electron chi connectivity index (χ3n) is 5.22. The second-order valence-corrected chi connectivity index (χ2v) is 9.38. The molecule has 0 saturated carbocycles. The predicted molar refractivity (Wildman–Crippen MR) is 111 cm³/mol. The van der Waals surface area contributed by atoms with Crippen LogP contribution in [0.15, 0.2) is 59.1 Å². The van der Waals surface area contributed by atoms with E-state index in [-0.39, 0.29) is 37.0 Å². The normalized spacial score (nSPS) is 16.6. The van der Waals surface area contributed by atoms with E-state index >= 15 is 0 Å². The molecule has 162 valence electrons. The molecule has 0 amide bonds. The van der Waals surface area contributed by atoms with Gasteiger partial charge in [-0.15, -0.1) is 0 Å². The lowest BCUT2D eigenvalue weighted by molar-refractivity contribution is -0.150. The maximum absolute atomic E-state index is 13.1. The van der Waals surface area contributed by atoms with E-state index in [0.717, 1.165) is 11.1 Å². The van der Waals surface area contributed by atoms with Gasteiger partial charge in [0.1, 0.15) is 11.9 Å². The number of benzene rings is 2. The number of hydrogen-bond acceptors (Lipinski definition) is 6. The quantitative estimate of drug-likeness (QED) is 0.542. The lowest BCUT2D eigenvalue weighted by Crippen LogP contribution is -2.49. The van der Waals surface area contributed by atoms with Crippen LogP contribution in [0.5, 0.6) is 0 Å². The summed E-state index contributed by atoms with van der Waals surface area (Å²) in [5, 5.41) is 0. The molecular weight excluding hydrogens is 423 g/mol. The van der Waals surface area contributed by atoms with Crippen molar-refractivity contribution in [3.8, 4) is 11.3 Å². The van der Waals surface area contributed by atoms with Crippen molar-refractivity contribution >= 4 is 16.0 Å². The largest absolute Gasteiger partial charge is 0.454 e. The molecule has 0 bridgehead atoms. The molecule has 0 spiro atoms. The molecule has 4 rings (SSSR count). The summed E-state index contributed by atoms with van der Waals surface area (Å²) in [6.07, 6.45) is 1.70. The summed E-state index contributed by atoms with van der Waals surface area (Å²) < 4.78 is 50.4. The van der Waals surface area contributed by atoms with Crippen molar-refractivity contribution in [2.24, 2.45) is 0 Å². The Bertz CT molecular complexity index is 1190. The van der Waals surface area contributed by atoms with Crippen LogP contribution in [0.1, 0.15) is 23.9 Å². The SMILES string of the molecule is CCS(=O)(=O)N1Cc2ccccc2C[C@H]1C(=O)OCc1ncc(-c2ccc(F)cc2)o1. The third kappa shape index (κ3) is 4.52. The Labute approximate surface area is 179 Å². The highest BCUT2D eigenvalue weighted by Gasteiger charge is 2.39. The van der Waals surface area contributed by atoms with E-state index in [2.05, 4.69) is 4.98 Å². The fraction of sp³-hybridized carbons (Fsp3) is 0.273. The second-order valence-electron chi connectivity index (χ2n) is 7.17. The van der Waals surface area contributed by atoms with Crippen LogP contribution in [-0.4, -0.2) is 35.5 Å². The maximum Gasteiger partial charge on any atom is 0.325 e. The van der Waals surface area contributed by atoms with Crippen LogP contribution in [0.25, 0.3) is 11.3 Å². The Morgan fingerprint density at radius 3 is 2.61 bits per heavy atom. The lowest BCUT2D eigenvalue weighted by atomic mass is 9.96. The number of oxazole rings is 1. The first-order chi connectivity index (χ1) is 14.9. The van der Waals surface area contributed by atoms with E-state index in [1.807, 2.05) is 24.3 Å². The van der Waals surface area contributed by atoms with E-state index < -0.39 is 22.0 Å². The number of hydrogen-bond donors (Lipinski definition) is 0. The van der Waals surface area contributed by atoms with Crippen LogP contribution in [-0.2, 0) is 39.1 Å². The van der Waals surface area contributed by atoms with Gasteiger partial charge < -0.3 is 9.15 Å². The molecule has 1 aliphatic rings. The van der Waals surface area contributed by atoms with Gasteiger partial charge in [-0.25, -0.2) is 17.8 Å². The second kappa shape index (κ2) is 8.60. The zero-order valence-electron chi connectivity index (χ0n) is 16.8. The molecule has 3 aromatic rings. The molecule has 0 saturated heterocycles. The van der Waals surface area contributed by atoms with Gasteiger partial charge >= 0.3 is 5.97 Å². The van der Waals surface area contributed by atoms with Gasteiger partial charge in [0, 0.05) is 18.5 Å². The first-order valence-electron chi connectivity index (χ1n) is 9.81. The molecular formula is C22H21FN2O5S. The van der Waals surface area contributed by atoms with Crippen LogP contribution in [0, 0.1) is 5.82 Å². The molecule has 1 atom stereocenters. The summed E-state index contributed by atoms with van der Waals surface area (Å²) in [4.78, 5) is 16.9. The first kappa shape index (κ1) is 21.2. The summed E-state index contributed by atoms with van der Waals surface area (Å²) in [5.74, 6) is -0.563. The van der Waals surface area contributed by atoms with Gasteiger partial charge in [0.25, 0.3) is 0 Å². The van der Waals surface area contributed by atoms with Crippen LogP contribution in [0.3, 0.4) is 0 Å². The van der Waals surface area contributed by atoms with Crippen molar-refractivity contribution in [2.45, 2.75) is 32.5 Å². The van der Waals surface area contributed by atoms with Crippen molar-refractivity contribution in [1.29, 1.82) is 0 Å². The van der Waals surface area contributed by atoms with Crippen molar-refractivity contribution in [2.75, 3.05) is 5.75 Å². The fourth-order valence-corrected chi connectivity index (χ4v) is 4.73. The Hall–Kier alpha value is -3.04. The number of fused-ring (bicyclic) bond motifs is 1. The number of carbonyl (C=O) groups is 1. The van der Waals surface area contributed by atoms with Crippen molar-refractivity contribution in [3.05, 3.63) is 77.6 Å². The van der Waals surface area contributed by atoms with Crippen LogP contribution in [0.2, 0.25) is 0 Å². The maximum atomic E-state index is 13.1. The predicted octanol–water partition coefficient (Wildman–Crippen LogP) is 3.30. The molecule has 0 fully saturated rings. The highest BCUT2D eigenvalue weighted by atomic mass is 32.2. The minimum absolute atomic E-state index is 0.111. The highest BCUT2D eigenvalue weighted by molar-refractivity contribution is 7.89. The van der Waals surface area contributed by atoms with Gasteiger partial charge in [-0.2, -0.15) is 4.31 Å². The van der Waals surface area contributed by atoms with Gasteiger partial charge in [0.2, 0.25) is 15.9 Å². The van der Waals surface area contributed by atoms with Crippen LogP contribution in [0.4, 0.5) is 4.39 Å². The minimum Gasteiger partial charge on any atom is -0.454 e. The Balaban J connectivity index is 1.49.